The number of nitro benzene ring substituents is 1. The van der Waals surface area contributed by atoms with Gasteiger partial charge in [-0.05, 0) is 52.2 Å². The molecule has 6 nitrogen and oxygen atoms in total. The van der Waals surface area contributed by atoms with Gasteiger partial charge in [0.05, 0.1) is 23.1 Å². The standard InChI is InChI=1S/C17H19BrN2O4/c1-3-8-24-17-15(18)9-12(10-16(17)23-2)11-19-13-4-6-14(7-5-13)20(21)22/h4-7,9-10,19H,3,8,11H2,1-2H3. The summed E-state index contributed by atoms with van der Waals surface area (Å²) in [4.78, 5) is 10.2. The van der Waals surface area contributed by atoms with E-state index in [1.165, 1.54) is 12.1 Å². The summed E-state index contributed by atoms with van der Waals surface area (Å²) in [5, 5.41) is 13.9. The Balaban J connectivity index is 2.09. The van der Waals surface area contributed by atoms with E-state index in [1.807, 2.05) is 19.1 Å². The fourth-order valence-electron chi connectivity index (χ4n) is 2.12. The molecule has 0 heterocycles. The Morgan fingerprint density at radius 1 is 1.25 bits per heavy atom. The molecule has 0 aliphatic carbocycles. The van der Waals surface area contributed by atoms with Crippen molar-refractivity contribution in [3.63, 3.8) is 0 Å². The average Bonchev–Trinajstić information content (AvgIpc) is 2.58. The van der Waals surface area contributed by atoms with E-state index in [0.717, 1.165) is 22.1 Å². The summed E-state index contributed by atoms with van der Waals surface area (Å²) in [6, 6.07) is 10.2. The number of methoxy groups -OCH3 is 1. The van der Waals surface area contributed by atoms with Gasteiger partial charge in [-0.25, -0.2) is 0 Å². The first-order valence-corrected chi connectivity index (χ1v) is 8.32. The predicted octanol–water partition coefficient (Wildman–Crippen LogP) is 4.77. The van der Waals surface area contributed by atoms with Crippen LogP contribution in [0.25, 0.3) is 0 Å². The Hall–Kier alpha value is -2.28. The van der Waals surface area contributed by atoms with Crippen LogP contribution in [0.15, 0.2) is 40.9 Å². The lowest BCUT2D eigenvalue weighted by molar-refractivity contribution is -0.384. The van der Waals surface area contributed by atoms with Crippen molar-refractivity contribution < 1.29 is 14.4 Å². The topological polar surface area (TPSA) is 73.6 Å². The van der Waals surface area contributed by atoms with E-state index in [-0.39, 0.29) is 5.69 Å². The molecule has 0 amide bonds. The molecule has 2 aromatic rings. The van der Waals surface area contributed by atoms with E-state index in [4.69, 9.17) is 9.47 Å². The fourth-order valence-corrected chi connectivity index (χ4v) is 2.73. The Morgan fingerprint density at radius 2 is 1.96 bits per heavy atom. The van der Waals surface area contributed by atoms with E-state index in [0.29, 0.717) is 24.7 Å². The Labute approximate surface area is 149 Å². The number of hydrogen-bond donors (Lipinski definition) is 1. The maximum atomic E-state index is 10.7. The second kappa shape index (κ2) is 8.54. The van der Waals surface area contributed by atoms with Gasteiger partial charge in [0.1, 0.15) is 0 Å². The summed E-state index contributed by atoms with van der Waals surface area (Å²) in [5.41, 5.74) is 1.88. The first-order chi connectivity index (χ1) is 11.5. The molecule has 24 heavy (non-hydrogen) atoms. The number of rotatable bonds is 8. The van der Waals surface area contributed by atoms with Crippen LogP contribution < -0.4 is 14.8 Å². The molecule has 1 N–H and O–H groups in total. The third kappa shape index (κ3) is 4.61. The average molecular weight is 395 g/mol. The molecule has 0 aliphatic heterocycles. The number of hydrogen-bond acceptors (Lipinski definition) is 5. The lowest BCUT2D eigenvalue weighted by Crippen LogP contribution is -2.03. The summed E-state index contributed by atoms with van der Waals surface area (Å²) in [7, 11) is 1.61. The number of anilines is 1. The Bertz CT molecular complexity index is 704. The van der Waals surface area contributed by atoms with Crippen LogP contribution in [0, 0.1) is 10.1 Å². The van der Waals surface area contributed by atoms with Crippen molar-refractivity contribution in [1.29, 1.82) is 0 Å². The number of nitrogens with zero attached hydrogens (tertiary/aromatic N) is 1. The highest BCUT2D eigenvalue weighted by molar-refractivity contribution is 9.10. The van der Waals surface area contributed by atoms with Crippen molar-refractivity contribution in [2.24, 2.45) is 0 Å². The number of ether oxygens (including phenoxy) is 2. The van der Waals surface area contributed by atoms with Crippen molar-refractivity contribution in [3.8, 4) is 11.5 Å². The molecule has 0 unspecified atom stereocenters. The van der Waals surface area contributed by atoms with Gasteiger partial charge in [-0.2, -0.15) is 0 Å². The van der Waals surface area contributed by atoms with Crippen molar-refractivity contribution in [2.45, 2.75) is 19.9 Å². The number of non-ortho nitro benzene ring substituents is 1. The summed E-state index contributed by atoms with van der Waals surface area (Å²) in [6.45, 7) is 3.22. The largest absolute Gasteiger partial charge is 0.493 e. The van der Waals surface area contributed by atoms with Crippen LogP contribution in [-0.4, -0.2) is 18.6 Å². The number of benzene rings is 2. The maximum Gasteiger partial charge on any atom is 0.269 e. The molecule has 2 aromatic carbocycles. The number of nitrogens with one attached hydrogen (secondary N) is 1. The van der Waals surface area contributed by atoms with Crippen LogP contribution in [0.2, 0.25) is 0 Å². The fraction of sp³-hybridized carbons (Fsp3) is 0.294. The smallest absolute Gasteiger partial charge is 0.269 e. The van der Waals surface area contributed by atoms with E-state index in [1.54, 1.807) is 19.2 Å². The molecule has 0 aliphatic rings. The van der Waals surface area contributed by atoms with Gasteiger partial charge in [0, 0.05) is 24.4 Å². The third-order valence-corrected chi connectivity index (χ3v) is 3.90. The lowest BCUT2D eigenvalue weighted by atomic mass is 10.2. The highest BCUT2D eigenvalue weighted by Crippen LogP contribution is 2.37. The number of nitro groups is 1. The van der Waals surface area contributed by atoms with Gasteiger partial charge in [-0.1, -0.05) is 6.92 Å². The molecule has 0 saturated heterocycles. The second-order valence-corrected chi connectivity index (χ2v) is 5.97. The summed E-state index contributed by atoms with van der Waals surface area (Å²) in [6.07, 6.45) is 0.916. The van der Waals surface area contributed by atoms with Crippen molar-refractivity contribution in [1.82, 2.24) is 0 Å². The van der Waals surface area contributed by atoms with E-state index >= 15 is 0 Å². The van der Waals surface area contributed by atoms with Crippen LogP contribution >= 0.6 is 15.9 Å². The molecule has 0 spiro atoms. The van der Waals surface area contributed by atoms with Crippen LogP contribution in [-0.2, 0) is 6.54 Å². The Morgan fingerprint density at radius 3 is 2.54 bits per heavy atom. The van der Waals surface area contributed by atoms with Gasteiger partial charge in [-0.3, -0.25) is 10.1 Å². The zero-order chi connectivity index (χ0) is 17.5. The van der Waals surface area contributed by atoms with Crippen LogP contribution in [0.1, 0.15) is 18.9 Å². The normalized spacial score (nSPS) is 10.3. The van der Waals surface area contributed by atoms with Gasteiger partial charge in [0.25, 0.3) is 5.69 Å². The second-order valence-electron chi connectivity index (χ2n) is 5.12. The highest BCUT2D eigenvalue weighted by Gasteiger charge is 2.11. The van der Waals surface area contributed by atoms with Crippen LogP contribution in [0.5, 0.6) is 11.5 Å². The molecule has 7 heteroatoms. The van der Waals surface area contributed by atoms with E-state index < -0.39 is 4.92 Å². The first kappa shape index (κ1) is 18.1. The zero-order valence-electron chi connectivity index (χ0n) is 13.5. The van der Waals surface area contributed by atoms with Crippen molar-refractivity contribution >= 4 is 27.3 Å². The lowest BCUT2D eigenvalue weighted by Gasteiger charge is -2.14. The van der Waals surface area contributed by atoms with Crippen LogP contribution in [0.3, 0.4) is 0 Å². The molecule has 0 bridgehead atoms. The van der Waals surface area contributed by atoms with Crippen molar-refractivity contribution in [2.75, 3.05) is 19.0 Å². The summed E-state index contributed by atoms with van der Waals surface area (Å²) >= 11 is 3.51. The SMILES string of the molecule is CCCOc1c(Br)cc(CNc2ccc([N+](=O)[O-])cc2)cc1OC. The zero-order valence-corrected chi connectivity index (χ0v) is 15.1. The van der Waals surface area contributed by atoms with E-state index in [2.05, 4.69) is 21.2 Å². The number of halogens is 1. The molecule has 0 aromatic heterocycles. The molecule has 0 fully saturated rings. The van der Waals surface area contributed by atoms with Crippen molar-refractivity contribution in [3.05, 3.63) is 56.5 Å². The predicted molar refractivity (Wildman–Crippen MR) is 96.9 cm³/mol. The van der Waals surface area contributed by atoms with Gasteiger partial charge in [0.15, 0.2) is 11.5 Å². The summed E-state index contributed by atoms with van der Waals surface area (Å²) in [5.74, 6) is 1.36. The molecular weight excluding hydrogens is 376 g/mol. The summed E-state index contributed by atoms with van der Waals surface area (Å²) < 4.78 is 11.9. The van der Waals surface area contributed by atoms with E-state index in [9.17, 15) is 10.1 Å². The molecule has 2 rings (SSSR count). The minimum absolute atomic E-state index is 0.0717. The molecule has 0 radical (unpaired) electrons. The maximum absolute atomic E-state index is 10.7. The molecular formula is C17H19BrN2O4. The van der Waals surface area contributed by atoms with Gasteiger partial charge in [-0.15, -0.1) is 0 Å². The highest BCUT2D eigenvalue weighted by atomic mass is 79.9. The van der Waals surface area contributed by atoms with Crippen LogP contribution in [0.4, 0.5) is 11.4 Å². The minimum atomic E-state index is -0.416. The Kier molecular flexibility index (Phi) is 6.43. The van der Waals surface area contributed by atoms with Gasteiger partial charge >= 0.3 is 0 Å². The first-order valence-electron chi connectivity index (χ1n) is 7.52. The van der Waals surface area contributed by atoms with Gasteiger partial charge < -0.3 is 14.8 Å². The molecule has 0 saturated carbocycles. The van der Waals surface area contributed by atoms with Gasteiger partial charge in [0.2, 0.25) is 0 Å². The molecule has 0 atom stereocenters. The minimum Gasteiger partial charge on any atom is -0.493 e. The quantitative estimate of drug-likeness (QED) is 0.515. The molecule has 128 valence electrons. The third-order valence-electron chi connectivity index (χ3n) is 3.31. The monoisotopic (exact) mass is 394 g/mol.